The Balaban J connectivity index is 2.61. The van der Waals surface area contributed by atoms with Crippen LogP contribution < -0.4 is 0 Å². The van der Waals surface area contributed by atoms with Gasteiger partial charge in [0.15, 0.2) is 6.10 Å². The highest BCUT2D eigenvalue weighted by Gasteiger charge is 2.34. The molecule has 0 saturated heterocycles. The third-order valence-electron chi connectivity index (χ3n) is 7.73. The summed E-state index contributed by atoms with van der Waals surface area (Å²) in [5.41, 5.74) is 2.36. The van der Waals surface area contributed by atoms with Crippen LogP contribution in [0, 0.1) is 0 Å². The van der Waals surface area contributed by atoms with Gasteiger partial charge in [-0.3, -0.25) is 4.57 Å². The molecule has 9 heteroatoms. The number of rotatable bonds is 26. The van der Waals surface area contributed by atoms with Crippen molar-refractivity contribution >= 4 is 31.6 Å². The van der Waals surface area contributed by atoms with Gasteiger partial charge in [-0.15, -0.1) is 0 Å². The van der Waals surface area contributed by atoms with Gasteiger partial charge in [-0.05, 0) is 67.1 Å². The van der Waals surface area contributed by atoms with Gasteiger partial charge in [0.2, 0.25) is 0 Å². The van der Waals surface area contributed by atoms with Crippen LogP contribution >= 0.6 is 19.4 Å². The number of ether oxygens (including phenoxy) is 1. The number of carboxylic acid groups (broad SMARTS) is 1. The molecule has 4 unspecified atom stereocenters. The Morgan fingerprint density at radius 1 is 0.953 bits per heavy atom. The van der Waals surface area contributed by atoms with E-state index in [1.807, 2.05) is 25.6 Å². The smallest absolute Gasteiger partial charge is 0.333 e. The predicted octanol–water partition coefficient (Wildman–Crippen LogP) is 9.15. The van der Waals surface area contributed by atoms with E-state index in [0.717, 1.165) is 44.0 Å². The highest BCUT2D eigenvalue weighted by molar-refractivity contribution is 7.99. The molecule has 0 fully saturated rings. The molecule has 0 amide bonds. The summed E-state index contributed by atoms with van der Waals surface area (Å²) < 4.78 is 23.5. The molecule has 1 aromatic rings. The number of hydrogen-bond acceptors (Lipinski definition) is 6. The van der Waals surface area contributed by atoms with Gasteiger partial charge in [0.25, 0.3) is 0 Å². The Morgan fingerprint density at radius 3 is 2.05 bits per heavy atom. The molecule has 0 radical (unpaired) electrons. The molecule has 248 valence electrons. The lowest BCUT2D eigenvalue weighted by molar-refractivity contribution is -0.153. The molecule has 2 N–H and O–H groups in total. The molecule has 0 aliphatic rings. The Bertz CT molecular complexity index is 932. The van der Waals surface area contributed by atoms with E-state index in [4.69, 9.17) is 9.26 Å². The van der Waals surface area contributed by atoms with E-state index in [-0.39, 0.29) is 17.9 Å². The number of carbonyl (C=O) groups is 2. The second-order valence-electron chi connectivity index (χ2n) is 12.7. The summed E-state index contributed by atoms with van der Waals surface area (Å²) in [7, 11) is -4.07. The van der Waals surface area contributed by atoms with Crippen molar-refractivity contribution in [2.75, 3.05) is 24.3 Å². The van der Waals surface area contributed by atoms with Gasteiger partial charge in [0.05, 0.1) is 18.9 Å². The third-order valence-corrected chi connectivity index (χ3v) is 10.3. The number of thioether (sulfide) groups is 1. The van der Waals surface area contributed by atoms with Crippen LogP contribution in [0.5, 0.6) is 0 Å². The van der Waals surface area contributed by atoms with E-state index in [9.17, 15) is 24.2 Å². The van der Waals surface area contributed by atoms with Gasteiger partial charge in [-0.1, -0.05) is 96.9 Å². The van der Waals surface area contributed by atoms with Crippen LogP contribution in [0.1, 0.15) is 135 Å². The second-order valence-corrected chi connectivity index (χ2v) is 15.8. The lowest BCUT2D eigenvalue weighted by Gasteiger charge is -2.29. The van der Waals surface area contributed by atoms with Crippen molar-refractivity contribution in [3.05, 3.63) is 35.4 Å². The number of benzene rings is 1. The zero-order chi connectivity index (χ0) is 32.1. The molecule has 4 atom stereocenters. The molecular formula is C34H59O7PS. The van der Waals surface area contributed by atoms with Crippen LogP contribution in [0.4, 0.5) is 0 Å². The maximum absolute atomic E-state index is 12.4. The topological polar surface area (TPSA) is 110 Å². The predicted molar refractivity (Wildman–Crippen MR) is 180 cm³/mol. The zero-order valence-electron chi connectivity index (χ0n) is 27.4. The largest absolute Gasteiger partial charge is 0.479 e. The Kier molecular flexibility index (Phi) is 20.7. The normalized spacial score (nSPS) is 15.5. The minimum absolute atomic E-state index is 0.0282. The van der Waals surface area contributed by atoms with Crippen LogP contribution in [0.2, 0.25) is 0 Å². The Morgan fingerprint density at radius 2 is 1.51 bits per heavy atom. The first-order valence-electron chi connectivity index (χ1n) is 16.4. The van der Waals surface area contributed by atoms with Gasteiger partial charge in [0.1, 0.15) is 6.29 Å². The lowest BCUT2D eigenvalue weighted by atomic mass is 9.83. The molecule has 0 aliphatic carbocycles. The first kappa shape index (κ1) is 39.8. The molecule has 1 rings (SSSR count). The molecular weight excluding hydrogens is 583 g/mol. The third kappa shape index (κ3) is 18.4. The summed E-state index contributed by atoms with van der Waals surface area (Å²) in [4.78, 5) is 32.5. The fourth-order valence-corrected chi connectivity index (χ4v) is 7.35. The minimum atomic E-state index is -4.07. The van der Waals surface area contributed by atoms with E-state index in [1.54, 1.807) is 0 Å². The van der Waals surface area contributed by atoms with Crippen molar-refractivity contribution in [3.8, 4) is 0 Å². The molecule has 1 aromatic carbocycles. The molecule has 0 bridgehead atoms. The van der Waals surface area contributed by atoms with Crippen LogP contribution in [0.15, 0.2) is 24.3 Å². The summed E-state index contributed by atoms with van der Waals surface area (Å²) in [6, 6.07) is 8.50. The Hall–Kier alpha value is -1.18. The van der Waals surface area contributed by atoms with Crippen molar-refractivity contribution in [3.63, 3.8) is 0 Å². The SMILES string of the molecule is CCCOP(=O)(O)CC(OC(C)C(CCCCCCCSCCCCCCCC=O)c1ccc(C(C)(C)C)cc1)C(=O)O. The van der Waals surface area contributed by atoms with Gasteiger partial charge in [0, 0.05) is 12.3 Å². The minimum Gasteiger partial charge on any atom is -0.479 e. The first-order valence-corrected chi connectivity index (χ1v) is 19.3. The number of aliphatic carboxylic acids is 1. The van der Waals surface area contributed by atoms with Crippen LogP contribution in [0.3, 0.4) is 0 Å². The fourth-order valence-electron chi connectivity index (χ4n) is 5.10. The zero-order valence-corrected chi connectivity index (χ0v) is 29.1. The van der Waals surface area contributed by atoms with Crippen molar-refractivity contribution in [1.82, 2.24) is 0 Å². The summed E-state index contributed by atoms with van der Waals surface area (Å²) in [5.74, 6) is 1.14. The van der Waals surface area contributed by atoms with Gasteiger partial charge in [-0.25, -0.2) is 4.79 Å². The van der Waals surface area contributed by atoms with Gasteiger partial charge >= 0.3 is 13.6 Å². The maximum atomic E-state index is 12.4. The molecule has 0 aromatic heterocycles. The van der Waals surface area contributed by atoms with Crippen molar-refractivity contribution < 1.29 is 33.4 Å². The summed E-state index contributed by atoms with van der Waals surface area (Å²) in [6.07, 6.45) is 12.3. The average Bonchev–Trinajstić information content (AvgIpc) is 2.95. The Labute approximate surface area is 265 Å². The molecule has 0 spiro atoms. The number of unbranched alkanes of at least 4 members (excludes halogenated alkanes) is 9. The summed E-state index contributed by atoms with van der Waals surface area (Å²) in [6.45, 7) is 10.3. The number of aldehydes is 1. The quantitative estimate of drug-likeness (QED) is 0.0585. The molecule has 0 aliphatic heterocycles. The van der Waals surface area contributed by atoms with Crippen molar-refractivity contribution in [2.45, 2.75) is 142 Å². The van der Waals surface area contributed by atoms with E-state index < -0.39 is 31.9 Å². The molecule has 7 nitrogen and oxygen atoms in total. The standard InChI is InChI=1S/C34H59O7PS/c1-6-24-40-42(38,39)27-32(33(36)37)41-28(2)31(29-19-21-30(22-20-29)34(3,4)5)18-14-10-9-13-17-26-43-25-16-12-8-7-11-15-23-35/h19-23,28,31-32H,6-18,24-27H2,1-5H3,(H,36,37)(H,38,39). The molecule has 0 heterocycles. The summed E-state index contributed by atoms with van der Waals surface area (Å²) >= 11 is 2.04. The van der Waals surface area contributed by atoms with Gasteiger partial charge < -0.3 is 24.1 Å². The van der Waals surface area contributed by atoms with Crippen molar-refractivity contribution in [2.24, 2.45) is 0 Å². The second kappa shape index (κ2) is 22.3. The monoisotopic (exact) mass is 642 g/mol. The van der Waals surface area contributed by atoms with Crippen molar-refractivity contribution in [1.29, 1.82) is 0 Å². The molecule has 0 saturated carbocycles. The fraction of sp³-hybridized carbons (Fsp3) is 0.765. The lowest BCUT2D eigenvalue weighted by Crippen LogP contribution is -2.34. The number of carbonyl (C=O) groups excluding carboxylic acids is 1. The average molecular weight is 643 g/mol. The van der Waals surface area contributed by atoms with Crippen LogP contribution in [-0.4, -0.2) is 58.7 Å². The number of carboxylic acids is 1. The van der Waals surface area contributed by atoms with Crippen LogP contribution in [-0.2, 0) is 28.8 Å². The highest BCUT2D eigenvalue weighted by atomic mass is 32.2. The van der Waals surface area contributed by atoms with E-state index in [2.05, 4.69) is 45.0 Å². The molecule has 43 heavy (non-hydrogen) atoms. The number of hydrogen-bond donors (Lipinski definition) is 2. The highest BCUT2D eigenvalue weighted by Crippen LogP contribution is 2.43. The maximum Gasteiger partial charge on any atom is 0.333 e. The van der Waals surface area contributed by atoms with E-state index >= 15 is 0 Å². The van der Waals surface area contributed by atoms with E-state index in [1.165, 1.54) is 55.6 Å². The van der Waals surface area contributed by atoms with Crippen LogP contribution in [0.25, 0.3) is 0 Å². The van der Waals surface area contributed by atoms with Gasteiger partial charge in [-0.2, -0.15) is 11.8 Å². The van der Waals surface area contributed by atoms with E-state index in [0.29, 0.717) is 12.8 Å². The first-order chi connectivity index (χ1) is 20.4. The summed E-state index contributed by atoms with van der Waals surface area (Å²) in [5, 5.41) is 9.78.